The van der Waals surface area contributed by atoms with Crippen LogP contribution in [0.15, 0.2) is 6.07 Å². The first-order valence-electron chi connectivity index (χ1n) is 7.01. The van der Waals surface area contributed by atoms with Crippen molar-refractivity contribution in [2.45, 2.75) is 40.7 Å². The van der Waals surface area contributed by atoms with E-state index < -0.39 is 0 Å². The fourth-order valence-corrected chi connectivity index (χ4v) is 3.81. The van der Waals surface area contributed by atoms with Crippen LogP contribution in [-0.4, -0.2) is 19.6 Å². The minimum Gasteiger partial charge on any atom is -0.316 e. The predicted molar refractivity (Wildman–Crippen MR) is 80.3 cm³/mol. The third-order valence-corrected chi connectivity index (χ3v) is 5.65. The summed E-state index contributed by atoms with van der Waals surface area (Å²) in [6.45, 7) is 13.6. The van der Waals surface area contributed by atoms with Gasteiger partial charge >= 0.3 is 0 Å². The number of aryl methyl sites for hydroxylation is 2. The topological polar surface area (TPSA) is 24.1 Å². The Morgan fingerprint density at radius 2 is 2.22 bits per heavy atom. The van der Waals surface area contributed by atoms with Gasteiger partial charge in [-0.15, -0.1) is 11.3 Å². The van der Waals surface area contributed by atoms with Gasteiger partial charge in [0.15, 0.2) is 0 Å². The normalized spacial score (nSPS) is 24.1. The number of thiophene rings is 1. The highest BCUT2D eigenvalue weighted by atomic mass is 32.1. The summed E-state index contributed by atoms with van der Waals surface area (Å²) in [5.74, 6) is 0.742. The van der Waals surface area contributed by atoms with E-state index in [1.165, 1.54) is 34.8 Å². The molecule has 2 heterocycles. The molecule has 0 radical (unpaired) electrons. The van der Waals surface area contributed by atoms with E-state index in [4.69, 9.17) is 0 Å². The van der Waals surface area contributed by atoms with Gasteiger partial charge in [0.05, 0.1) is 0 Å². The van der Waals surface area contributed by atoms with Crippen molar-refractivity contribution in [2.24, 2.45) is 11.3 Å². The Labute approximate surface area is 115 Å². The number of rotatable bonds is 5. The molecule has 0 bridgehead atoms. The standard InChI is InChI=1S/C15H26N2S/c1-11(2)15(5-6-16-9-15)10-17-8-14-7-12(3)13(4)18-14/h7,11,16-17H,5-6,8-10H2,1-4H3. The van der Waals surface area contributed by atoms with Crippen molar-refractivity contribution in [3.05, 3.63) is 21.4 Å². The van der Waals surface area contributed by atoms with Crippen LogP contribution in [0.5, 0.6) is 0 Å². The van der Waals surface area contributed by atoms with Gasteiger partial charge in [-0.1, -0.05) is 13.8 Å². The summed E-state index contributed by atoms with van der Waals surface area (Å²) in [6, 6.07) is 2.32. The Balaban J connectivity index is 1.87. The van der Waals surface area contributed by atoms with Crippen molar-refractivity contribution in [1.29, 1.82) is 0 Å². The monoisotopic (exact) mass is 266 g/mol. The maximum atomic E-state index is 3.68. The van der Waals surface area contributed by atoms with Crippen LogP contribution < -0.4 is 10.6 Å². The largest absolute Gasteiger partial charge is 0.316 e. The van der Waals surface area contributed by atoms with Gasteiger partial charge in [-0.2, -0.15) is 0 Å². The van der Waals surface area contributed by atoms with Gasteiger partial charge < -0.3 is 10.6 Å². The van der Waals surface area contributed by atoms with Crippen LogP contribution >= 0.6 is 11.3 Å². The molecular formula is C15H26N2S. The highest BCUT2D eigenvalue weighted by Crippen LogP contribution is 2.33. The molecule has 0 amide bonds. The molecule has 2 nitrogen and oxygen atoms in total. The predicted octanol–water partition coefficient (Wildman–Crippen LogP) is 3.09. The quantitative estimate of drug-likeness (QED) is 0.856. The summed E-state index contributed by atoms with van der Waals surface area (Å²) in [5, 5.41) is 7.20. The summed E-state index contributed by atoms with van der Waals surface area (Å²) in [5.41, 5.74) is 1.89. The zero-order valence-corrected chi connectivity index (χ0v) is 12.9. The van der Waals surface area contributed by atoms with Crippen LogP contribution in [0.3, 0.4) is 0 Å². The second-order valence-electron chi connectivity index (χ2n) is 6.00. The third kappa shape index (κ3) is 2.95. The van der Waals surface area contributed by atoms with Crippen LogP contribution in [0.25, 0.3) is 0 Å². The fourth-order valence-electron chi connectivity index (χ4n) is 2.78. The molecule has 2 rings (SSSR count). The SMILES string of the molecule is Cc1cc(CNCC2(C(C)C)CCNC2)sc1C. The second-order valence-corrected chi connectivity index (χ2v) is 7.34. The van der Waals surface area contributed by atoms with Crippen LogP contribution in [-0.2, 0) is 6.54 Å². The van der Waals surface area contributed by atoms with E-state index in [0.717, 1.165) is 19.0 Å². The summed E-state index contributed by atoms with van der Waals surface area (Å²) in [6.07, 6.45) is 1.31. The number of hydrogen-bond donors (Lipinski definition) is 2. The maximum absolute atomic E-state index is 3.68. The maximum Gasteiger partial charge on any atom is 0.0300 e. The molecule has 1 fully saturated rings. The van der Waals surface area contributed by atoms with E-state index in [-0.39, 0.29) is 0 Å². The van der Waals surface area contributed by atoms with E-state index in [0.29, 0.717) is 5.41 Å². The second kappa shape index (κ2) is 5.72. The molecule has 1 aromatic rings. The van der Waals surface area contributed by atoms with E-state index in [2.05, 4.69) is 44.4 Å². The Hall–Kier alpha value is -0.380. The molecular weight excluding hydrogens is 240 g/mol. The first kappa shape index (κ1) is 14.0. The Bertz CT molecular complexity index is 370. The van der Waals surface area contributed by atoms with E-state index >= 15 is 0 Å². The molecule has 18 heavy (non-hydrogen) atoms. The van der Waals surface area contributed by atoms with Crippen molar-refractivity contribution in [1.82, 2.24) is 10.6 Å². The summed E-state index contributed by atoms with van der Waals surface area (Å²) >= 11 is 1.93. The Morgan fingerprint density at radius 1 is 1.44 bits per heavy atom. The van der Waals surface area contributed by atoms with Crippen molar-refractivity contribution in [3.8, 4) is 0 Å². The van der Waals surface area contributed by atoms with Crippen LogP contribution in [0.2, 0.25) is 0 Å². The Kier molecular flexibility index (Phi) is 4.46. The highest BCUT2D eigenvalue weighted by molar-refractivity contribution is 7.12. The van der Waals surface area contributed by atoms with Gasteiger partial charge in [0.1, 0.15) is 0 Å². The lowest BCUT2D eigenvalue weighted by atomic mass is 9.76. The molecule has 102 valence electrons. The van der Waals surface area contributed by atoms with Gasteiger partial charge in [-0.25, -0.2) is 0 Å². The van der Waals surface area contributed by atoms with Crippen molar-refractivity contribution < 1.29 is 0 Å². The number of hydrogen-bond acceptors (Lipinski definition) is 3. The molecule has 1 unspecified atom stereocenters. The molecule has 0 saturated carbocycles. The van der Waals surface area contributed by atoms with Gasteiger partial charge in [-0.3, -0.25) is 0 Å². The molecule has 1 saturated heterocycles. The van der Waals surface area contributed by atoms with Gasteiger partial charge in [-0.05, 0) is 49.8 Å². The third-order valence-electron chi connectivity index (χ3n) is 4.49. The van der Waals surface area contributed by atoms with Crippen molar-refractivity contribution >= 4 is 11.3 Å². The van der Waals surface area contributed by atoms with Crippen molar-refractivity contribution in [3.63, 3.8) is 0 Å². The average Bonchev–Trinajstić information content (AvgIpc) is 2.89. The smallest absolute Gasteiger partial charge is 0.0300 e. The summed E-state index contributed by atoms with van der Waals surface area (Å²) in [7, 11) is 0. The van der Waals surface area contributed by atoms with Crippen molar-refractivity contribution in [2.75, 3.05) is 19.6 Å². The van der Waals surface area contributed by atoms with Crippen LogP contribution in [0, 0.1) is 25.2 Å². The fraction of sp³-hybridized carbons (Fsp3) is 0.733. The van der Waals surface area contributed by atoms with E-state index in [9.17, 15) is 0 Å². The molecule has 1 atom stereocenters. The van der Waals surface area contributed by atoms with Gasteiger partial charge in [0.2, 0.25) is 0 Å². The molecule has 0 aliphatic carbocycles. The lowest BCUT2D eigenvalue weighted by Crippen LogP contribution is -2.40. The highest BCUT2D eigenvalue weighted by Gasteiger charge is 2.36. The lowest BCUT2D eigenvalue weighted by molar-refractivity contribution is 0.208. The van der Waals surface area contributed by atoms with Crippen LogP contribution in [0.1, 0.15) is 35.6 Å². The summed E-state index contributed by atoms with van der Waals surface area (Å²) < 4.78 is 0. The molecule has 2 N–H and O–H groups in total. The number of nitrogens with one attached hydrogen (secondary N) is 2. The zero-order valence-electron chi connectivity index (χ0n) is 12.1. The average molecular weight is 266 g/mol. The van der Waals surface area contributed by atoms with E-state index in [1.807, 2.05) is 11.3 Å². The first-order chi connectivity index (χ1) is 8.53. The van der Waals surface area contributed by atoms with Gasteiger partial charge in [0.25, 0.3) is 0 Å². The molecule has 1 aliphatic heterocycles. The molecule has 0 aromatic carbocycles. The van der Waals surface area contributed by atoms with Gasteiger partial charge in [0, 0.05) is 29.4 Å². The first-order valence-corrected chi connectivity index (χ1v) is 7.82. The minimum absolute atomic E-state index is 0.460. The lowest BCUT2D eigenvalue weighted by Gasteiger charge is -2.33. The Morgan fingerprint density at radius 3 is 2.72 bits per heavy atom. The van der Waals surface area contributed by atoms with E-state index in [1.54, 1.807) is 0 Å². The molecule has 3 heteroatoms. The molecule has 1 aliphatic rings. The molecule has 0 spiro atoms. The minimum atomic E-state index is 0.460. The zero-order chi connectivity index (χ0) is 13.2. The summed E-state index contributed by atoms with van der Waals surface area (Å²) in [4.78, 5) is 2.92. The van der Waals surface area contributed by atoms with Crippen LogP contribution in [0.4, 0.5) is 0 Å². The molecule has 1 aromatic heterocycles.